The first-order valence-corrected chi connectivity index (χ1v) is 8.40. The number of hydrogen-bond acceptors (Lipinski definition) is 6. The molecule has 0 N–H and O–H groups in total. The minimum atomic E-state index is 0.165. The normalized spacial score (nSPS) is 12.4. The number of aromatic nitrogens is 2. The number of methoxy groups -OCH3 is 1. The van der Waals surface area contributed by atoms with E-state index < -0.39 is 0 Å². The number of rotatable bonds is 9. The quantitative estimate of drug-likeness (QED) is 0.699. The van der Waals surface area contributed by atoms with Gasteiger partial charge in [-0.05, 0) is 37.6 Å². The molecule has 1 heterocycles. The Bertz CT molecular complexity index is 642. The monoisotopic (exact) mass is 333 g/mol. The Balaban J connectivity index is 2.07. The molecule has 1 unspecified atom stereocenters. The highest BCUT2D eigenvalue weighted by Gasteiger charge is 2.13. The van der Waals surface area contributed by atoms with Crippen molar-refractivity contribution in [2.75, 3.05) is 13.7 Å². The molecule has 0 fully saturated rings. The van der Waals surface area contributed by atoms with Crippen LogP contribution < -0.4 is 9.47 Å². The minimum Gasteiger partial charge on any atom is -0.493 e. The summed E-state index contributed by atoms with van der Waals surface area (Å²) in [5, 5.41) is 3.96. The molecule has 6 heteroatoms. The molecule has 0 radical (unpaired) electrons. The van der Waals surface area contributed by atoms with Gasteiger partial charge in [-0.3, -0.25) is 4.90 Å². The molecule has 132 valence electrons. The second-order valence-electron chi connectivity index (χ2n) is 5.85. The maximum atomic E-state index is 5.90. The summed E-state index contributed by atoms with van der Waals surface area (Å²) in [6.07, 6.45) is 1.12. The van der Waals surface area contributed by atoms with E-state index in [2.05, 4.69) is 41.9 Å². The van der Waals surface area contributed by atoms with Crippen molar-refractivity contribution in [3.63, 3.8) is 0 Å². The van der Waals surface area contributed by atoms with Crippen molar-refractivity contribution in [3.05, 3.63) is 35.5 Å². The standard InChI is InChI=1S/C18H27N3O3/c1-6-13(3)23-16-9-8-15(10-17(16)22-5)11-21(7-2)12-18-19-14(4)24-20-18/h8-10,13H,6-7,11-12H2,1-5H3. The summed E-state index contributed by atoms with van der Waals surface area (Å²) in [7, 11) is 1.67. The minimum absolute atomic E-state index is 0.165. The molecular formula is C18H27N3O3. The van der Waals surface area contributed by atoms with Crippen LogP contribution in [0, 0.1) is 6.92 Å². The van der Waals surface area contributed by atoms with Gasteiger partial charge >= 0.3 is 0 Å². The van der Waals surface area contributed by atoms with E-state index in [9.17, 15) is 0 Å². The summed E-state index contributed by atoms with van der Waals surface area (Å²) in [5.41, 5.74) is 1.16. The van der Waals surface area contributed by atoms with Crippen molar-refractivity contribution < 1.29 is 14.0 Å². The van der Waals surface area contributed by atoms with Crippen LogP contribution >= 0.6 is 0 Å². The average Bonchev–Trinajstić information content (AvgIpc) is 3.00. The third-order valence-electron chi connectivity index (χ3n) is 3.92. The van der Waals surface area contributed by atoms with Gasteiger partial charge < -0.3 is 14.0 Å². The topological polar surface area (TPSA) is 60.6 Å². The SMILES string of the molecule is CCC(C)Oc1ccc(CN(CC)Cc2noc(C)n2)cc1OC. The van der Waals surface area contributed by atoms with Crippen LogP contribution in [0.1, 0.15) is 44.5 Å². The third kappa shape index (κ3) is 4.96. The van der Waals surface area contributed by atoms with Crippen LogP contribution in [0.5, 0.6) is 11.5 Å². The highest BCUT2D eigenvalue weighted by molar-refractivity contribution is 5.43. The average molecular weight is 333 g/mol. The lowest BCUT2D eigenvalue weighted by Gasteiger charge is -2.20. The highest BCUT2D eigenvalue weighted by Crippen LogP contribution is 2.30. The lowest BCUT2D eigenvalue weighted by atomic mass is 10.2. The smallest absolute Gasteiger partial charge is 0.223 e. The van der Waals surface area contributed by atoms with Crippen molar-refractivity contribution in [2.45, 2.75) is 53.3 Å². The Morgan fingerprint density at radius 3 is 2.58 bits per heavy atom. The third-order valence-corrected chi connectivity index (χ3v) is 3.92. The lowest BCUT2D eigenvalue weighted by Crippen LogP contribution is -2.23. The van der Waals surface area contributed by atoms with Gasteiger partial charge in [-0.25, -0.2) is 0 Å². The summed E-state index contributed by atoms with van der Waals surface area (Å²) >= 11 is 0. The van der Waals surface area contributed by atoms with E-state index >= 15 is 0 Å². The Labute approximate surface area is 143 Å². The van der Waals surface area contributed by atoms with E-state index in [0.717, 1.165) is 36.6 Å². The van der Waals surface area contributed by atoms with Gasteiger partial charge in [0.2, 0.25) is 5.89 Å². The van der Waals surface area contributed by atoms with E-state index in [-0.39, 0.29) is 6.10 Å². The van der Waals surface area contributed by atoms with Crippen molar-refractivity contribution in [2.24, 2.45) is 0 Å². The van der Waals surface area contributed by atoms with Crippen LogP contribution in [0.4, 0.5) is 0 Å². The molecule has 0 spiro atoms. The first-order chi connectivity index (χ1) is 11.5. The zero-order valence-electron chi connectivity index (χ0n) is 15.2. The van der Waals surface area contributed by atoms with Crippen LogP contribution in [0.3, 0.4) is 0 Å². The van der Waals surface area contributed by atoms with Gasteiger partial charge in [-0.15, -0.1) is 0 Å². The molecule has 0 aliphatic carbocycles. The van der Waals surface area contributed by atoms with Crippen LogP contribution in [-0.4, -0.2) is 34.8 Å². The van der Waals surface area contributed by atoms with Gasteiger partial charge in [0.15, 0.2) is 17.3 Å². The summed E-state index contributed by atoms with van der Waals surface area (Å²) in [5.74, 6) is 2.85. The van der Waals surface area contributed by atoms with Gasteiger partial charge in [0.1, 0.15) is 0 Å². The molecule has 0 saturated carbocycles. The molecule has 1 atom stereocenters. The molecule has 0 amide bonds. The van der Waals surface area contributed by atoms with Crippen LogP contribution in [0.25, 0.3) is 0 Å². The zero-order chi connectivity index (χ0) is 17.5. The molecule has 6 nitrogen and oxygen atoms in total. The maximum absolute atomic E-state index is 5.90. The molecule has 1 aromatic carbocycles. The number of hydrogen-bond donors (Lipinski definition) is 0. The van der Waals surface area contributed by atoms with Gasteiger partial charge in [-0.1, -0.05) is 25.1 Å². The highest BCUT2D eigenvalue weighted by atomic mass is 16.5. The molecule has 0 aliphatic rings. The predicted molar refractivity (Wildman–Crippen MR) is 92.2 cm³/mol. The number of nitrogens with zero attached hydrogens (tertiary/aromatic N) is 3. The summed E-state index contributed by atoms with van der Waals surface area (Å²) in [4.78, 5) is 6.51. The van der Waals surface area contributed by atoms with E-state index in [1.807, 2.05) is 12.1 Å². The first kappa shape index (κ1) is 18.3. The first-order valence-electron chi connectivity index (χ1n) is 8.40. The van der Waals surface area contributed by atoms with E-state index in [0.29, 0.717) is 18.3 Å². The predicted octanol–water partition coefficient (Wildman–Crippen LogP) is 3.59. The van der Waals surface area contributed by atoms with E-state index in [4.69, 9.17) is 14.0 Å². The van der Waals surface area contributed by atoms with E-state index in [1.54, 1.807) is 14.0 Å². The summed E-state index contributed by atoms with van der Waals surface area (Å²) < 4.78 is 16.4. The Kier molecular flexibility index (Phi) is 6.61. The van der Waals surface area contributed by atoms with Gasteiger partial charge in [0.05, 0.1) is 19.8 Å². The van der Waals surface area contributed by atoms with Crippen molar-refractivity contribution in [1.29, 1.82) is 0 Å². The van der Waals surface area contributed by atoms with Crippen LogP contribution in [0.2, 0.25) is 0 Å². The molecule has 2 aromatic rings. The molecule has 0 bridgehead atoms. The molecule has 0 aliphatic heterocycles. The Morgan fingerprint density at radius 1 is 1.21 bits per heavy atom. The van der Waals surface area contributed by atoms with Crippen molar-refractivity contribution in [1.82, 2.24) is 15.0 Å². The van der Waals surface area contributed by atoms with Gasteiger partial charge in [0.25, 0.3) is 0 Å². The van der Waals surface area contributed by atoms with E-state index in [1.165, 1.54) is 0 Å². The van der Waals surface area contributed by atoms with Crippen molar-refractivity contribution in [3.8, 4) is 11.5 Å². The maximum Gasteiger partial charge on any atom is 0.223 e. The lowest BCUT2D eigenvalue weighted by molar-refractivity contribution is 0.207. The zero-order valence-corrected chi connectivity index (χ0v) is 15.2. The summed E-state index contributed by atoms with van der Waals surface area (Å²) in [6, 6.07) is 6.08. The molecule has 2 rings (SSSR count). The molecule has 0 saturated heterocycles. The van der Waals surface area contributed by atoms with Crippen LogP contribution in [0.15, 0.2) is 22.7 Å². The molecular weight excluding hydrogens is 306 g/mol. The fourth-order valence-corrected chi connectivity index (χ4v) is 2.35. The van der Waals surface area contributed by atoms with Gasteiger partial charge in [-0.2, -0.15) is 4.98 Å². The number of ether oxygens (including phenoxy) is 2. The second-order valence-corrected chi connectivity index (χ2v) is 5.85. The second kappa shape index (κ2) is 8.68. The largest absolute Gasteiger partial charge is 0.493 e. The number of aryl methyl sites for hydroxylation is 1. The molecule has 1 aromatic heterocycles. The van der Waals surface area contributed by atoms with Crippen molar-refractivity contribution >= 4 is 0 Å². The fraction of sp³-hybridized carbons (Fsp3) is 0.556. The van der Waals surface area contributed by atoms with Gasteiger partial charge in [0, 0.05) is 13.5 Å². The number of benzene rings is 1. The van der Waals surface area contributed by atoms with Crippen LogP contribution in [-0.2, 0) is 13.1 Å². The Morgan fingerprint density at radius 2 is 2.00 bits per heavy atom. The summed E-state index contributed by atoms with van der Waals surface area (Å²) in [6.45, 7) is 10.4. The Hall–Kier alpha value is -2.08. The molecule has 24 heavy (non-hydrogen) atoms. The fourth-order valence-electron chi connectivity index (χ4n) is 2.35.